The summed E-state index contributed by atoms with van der Waals surface area (Å²) in [7, 11) is 0. The third kappa shape index (κ3) is 3.70. The highest BCUT2D eigenvalue weighted by molar-refractivity contribution is 5.26. The molecule has 20 heavy (non-hydrogen) atoms. The highest BCUT2D eigenvalue weighted by atomic mass is 16.5. The second kappa shape index (κ2) is 6.37. The van der Waals surface area contributed by atoms with Crippen LogP contribution in [0.3, 0.4) is 0 Å². The van der Waals surface area contributed by atoms with Crippen molar-refractivity contribution in [1.82, 2.24) is 9.55 Å². The molecule has 0 fully saturated rings. The van der Waals surface area contributed by atoms with Crippen LogP contribution >= 0.6 is 0 Å². The zero-order valence-corrected chi connectivity index (χ0v) is 12.2. The van der Waals surface area contributed by atoms with Gasteiger partial charge in [0.1, 0.15) is 11.6 Å². The molecule has 0 aliphatic rings. The maximum absolute atomic E-state index is 11.8. The zero-order chi connectivity index (χ0) is 14.5. The van der Waals surface area contributed by atoms with Crippen LogP contribution in [0.15, 0.2) is 35.1 Å². The predicted octanol–water partition coefficient (Wildman–Crippen LogP) is 2.64. The van der Waals surface area contributed by atoms with Crippen molar-refractivity contribution in [3.05, 3.63) is 57.8 Å². The first-order valence-electron chi connectivity index (χ1n) is 6.81. The summed E-state index contributed by atoms with van der Waals surface area (Å²) in [5, 5.41) is 0. The molecule has 0 amide bonds. The maximum Gasteiger partial charge on any atom is 0.253 e. The Bertz CT molecular complexity index is 630. The van der Waals surface area contributed by atoms with Crippen molar-refractivity contribution in [2.75, 3.05) is 6.61 Å². The van der Waals surface area contributed by atoms with Crippen LogP contribution in [-0.2, 0) is 6.54 Å². The SMILES string of the molecule is Cc1ccc(OCCCn2c(C)nc(C)cc2=O)cc1. The molecule has 0 saturated heterocycles. The number of benzene rings is 1. The van der Waals surface area contributed by atoms with E-state index in [2.05, 4.69) is 4.98 Å². The molecule has 0 atom stereocenters. The molecule has 1 heterocycles. The molecule has 1 aromatic carbocycles. The number of aromatic nitrogens is 2. The number of ether oxygens (including phenoxy) is 1. The Balaban J connectivity index is 1.87. The van der Waals surface area contributed by atoms with Gasteiger partial charge in [0, 0.05) is 18.3 Å². The van der Waals surface area contributed by atoms with Gasteiger partial charge < -0.3 is 4.74 Å². The fraction of sp³-hybridized carbons (Fsp3) is 0.375. The van der Waals surface area contributed by atoms with Gasteiger partial charge in [0.2, 0.25) is 0 Å². The lowest BCUT2D eigenvalue weighted by Crippen LogP contribution is -2.24. The Hall–Kier alpha value is -2.10. The minimum atomic E-state index is 0.00494. The number of nitrogens with zero attached hydrogens (tertiary/aromatic N) is 2. The second-order valence-corrected chi connectivity index (χ2v) is 4.95. The van der Waals surface area contributed by atoms with Gasteiger partial charge in [-0.1, -0.05) is 17.7 Å². The molecular formula is C16H20N2O2. The first kappa shape index (κ1) is 14.3. The summed E-state index contributed by atoms with van der Waals surface area (Å²) in [5.41, 5.74) is 1.98. The van der Waals surface area contributed by atoms with Gasteiger partial charge in [0.25, 0.3) is 5.56 Å². The maximum atomic E-state index is 11.8. The molecule has 0 bridgehead atoms. The van der Waals surface area contributed by atoms with Crippen molar-refractivity contribution >= 4 is 0 Å². The Morgan fingerprint density at radius 1 is 1.15 bits per heavy atom. The number of hydrogen-bond donors (Lipinski definition) is 0. The molecule has 0 unspecified atom stereocenters. The van der Waals surface area contributed by atoms with Gasteiger partial charge in [-0.3, -0.25) is 9.36 Å². The van der Waals surface area contributed by atoms with Crippen molar-refractivity contribution in [1.29, 1.82) is 0 Å². The molecule has 0 spiro atoms. The van der Waals surface area contributed by atoms with Gasteiger partial charge in [-0.25, -0.2) is 4.98 Å². The van der Waals surface area contributed by atoms with E-state index < -0.39 is 0 Å². The van der Waals surface area contributed by atoms with Crippen LogP contribution in [0.5, 0.6) is 5.75 Å². The first-order valence-corrected chi connectivity index (χ1v) is 6.81. The molecule has 0 aliphatic carbocycles. The standard InChI is InChI=1S/C16H20N2O2/c1-12-5-7-15(8-6-12)20-10-4-9-18-14(3)17-13(2)11-16(18)19/h5-8,11H,4,9-10H2,1-3H3. The minimum absolute atomic E-state index is 0.00494. The zero-order valence-electron chi connectivity index (χ0n) is 12.2. The van der Waals surface area contributed by atoms with E-state index >= 15 is 0 Å². The van der Waals surface area contributed by atoms with Crippen LogP contribution in [0, 0.1) is 20.8 Å². The lowest BCUT2D eigenvalue weighted by molar-refractivity contribution is 0.300. The first-order chi connectivity index (χ1) is 9.56. The van der Waals surface area contributed by atoms with Gasteiger partial charge in [0.05, 0.1) is 6.61 Å². The van der Waals surface area contributed by atoms with E-state index in [4.69, 9.17) is 4.74 Å². The van der Waals surface area contributed by atoms with E-state index in [9.17, 15) is 4.79 Å². The smallest absolute Gasteiger partial charge is 0.253 e. The fourth-order valence-electron chi connectivity index (χ4n) is 2.08. The molecule has 4 heteroatoms. The Morgan fingerprint density at radius 2 is 1.85 bits per heavy atom. The van der Waals surface area contributed by atoms with Crippen LogP contribution in [0.1, 0.15) is 23.5 Å². The van der Waals surface area contributed by atoms with E-state index in [1.54, 1.807) is 10.6 Å². The van der Waals surface area contributed by atoms with E-state index in [0.717, 1.165) is 23.7 Å². The minimum Gasteiger partial charge on any atom is -0.494 e. The predicted molar refractivity (Wildman–Crippen MR) is 79.3 cm³/mol. The second-order valence-electron chi connectivity index (χ2n) is 4.95. The van der Waals surface area contributed by atoms with Crippen LogP contribution in [0.4, 0.5) is 0 Å². The summed E-state index contributed by atoms with van der Waals surface area (Å²) in [5.74, 6) is 1.62. The third-order valence-electron chi connectivity index (χ3n) is 3.14. The highest BCUT2D eigenvalue weighted by Gasteiger charge is 2.02. The Kier molecular flexibility index (Phi) is 4.56. The Morgan fingerprint density at radius 3 is 2.50 bits per heavy atom. The van der Waals surface area contributed by atoms with Gasteiger partial charge >= 0.3 is 0 Å². The Labute approximate surface area is 119 Å². The number of aryl methyl sites for hydroxylation is 3. The highest BCUT2D eigenvalue weighted by Crippen LogP contribution is 2.11. The summed E-state index contributed by atoms with van der Waals surface area (Å²) in [4.78, 5) is 16.1. The molecule has 0 aliphatic heterocycles. The van der Waals surface area contributed by atoms with Crippen LogP contribution in [-0.4, -0.2) is 16.2 Å². The summed E-state index contributed by atoms with van der Waals surface area (Å²) in [6.45, 7) is 6.95. The third-order valence-corrected chi connectivity index (χ3v) is 3.14. The molecule has 4 nitrogen and oxygen atoms in total. The van der Waals surface area contributed by atoms with Crippen molar-refractivity contribution in [3.8, 4) is 5.75 Å². The number of hydrogen-bond acceptors (Lipinski definition) is 3. The average molecular weight is 272 g/mol. The molecule has 0 radical (unpaired) electrons. The van der Waals surface area contributed by atoms with E-state index in [1.165, 1.54) is 5.56 Å². The molecule has 1 aromatic heterocycles. The van der Waals surface area contributed by atoms with Crippen molar-refractivity contribution in [2.24, 2.45) is 0 Å². The van der Waals surface area contributed by atoms with Gasteiger partial charge in [0.15, 0.2) is 0 Å². The van der Waals surface area contributed by atoms with Crippen LogP contribution in [0.25, 0.3) is 0 Å². The lowest BCUT2D eigenvalue weighted by atomic mass is 10.2. The van der Waals surface area contributed by atoms with Gasteiger partial charge in [-0.15, -0.1) is 0 Å². The molecule has 2 aromatic rings. The quantitative estimate of drug-likeness (QED) is 0.786. The monoisotopic (exact) mass is 272 g/mol. The van der Waals surface area contributed by atoms with Gasteiger partial charge in [-0.2, -0.15) is 0 Å². The molecule has 0 saturated carbocycles. The molecule has 2 rings (SSSR count). The van der Waals surface area contributed by atoms with E-state index in [-0.39, 0.29) is 5.56 Å². The molecule has 106 valence electrons. The molecule has 0 N–H and O–H groups in total. The summed E-state index contributed by atoms with van der Waals surface area (Å²) in [6, 6.07) is 9.52. The van der Waals surface area contributed by atoms with E-state index in [0.29, 0.717) is 13.2 Å². The van der Waals surface area contributed by atoms with Crippen molar-refractivity contribution < 1.29 is 4.74 Å². The topological polar surface area (TPSA) is 44.1 Å². The lowest BCUT2D eigenvalue weighted by Gasteiger charge is -2.10. The van der Waals surface area contributed by atoms with Crippen molar-refractivity contribution in [3.63, 3.8) is 0 Å². The van der Waals surface area contributed by atoms with Crippen LogP contribution in [0.2, 0.25) is 0 Å². The normalized spacial score (nSPS) is 10.6. The number of rotatable bonds is 5. The fourth-order valence-corrected chi connectivity index (χ4v) is 2.08. The summed E-state index contributed by atoms with van der Waals surface area (Å²) < 4.78 is 7.34. The largest absolute Gasteiger partial charge is 0.494 e. The summed E-state index contributed by atoms with van der Waals surface area (Å²) in [6.07, 6.45) is 0.777. The van der Waals surface area contributed by atoms with Gasteiger partial charge in [-0.05, 0) is 39.3 Å². The average Bonchev–Trinajstić information content (AvgIpc) is 2.39. The van der Waals surface area contributed by atoms with E-state index in [1.807, 2.05) is 45.0 Å². The molecular weight excluding hydrogens is 252 g/mol. The van der Waals surface area contributed by atoms with Crippen molar-refractivity contribution in [2.45, 2.75) is 33.7 Å². The van der Waals surface area contributed by atoms with Crippen LogP contribution < -0.4 is 10.3 Å². The summed E-state index contributed by atoms with van der Waals surface area (Å²) >= 11 is 0.